The summed E-state index contributed by atoms with van der Waals surface area (Å²) in [4.78, 5) is 0. The highest BCUT2D eigenvalue weighted by atomic mass is 16.3. The van der Waals surface area contributed by atoms with E-state index in [9.17, 15) is 5.11 Å². The van der Waals surface area contributed by atoms with Gasteiger partial charge in [0.1, 0.15) is 0 Å². The topological polar surface area (TPSA) is 20.2 Å². The molecule has 1 rings (SSSR count). The highest BCUT2D eigenvalue weighted by Gasteiger charge is 2.47. The zero-order valence-corrected chi connectivity index (χ0v) is 5.93. The van der Waals surface area contributed by atoms with Crippen LogP contribution < -0.4 is 0 Å². The third kappa shape index (κ3) is 1.55. The summed E-state index contributed by atoms with van der Waals surface area (Å²) in [6.07, 6.45) is 5.05. The van der Waals surface area contributed by atoms with Crippen LogP contribution in [-0.2, 0) is 0 Å². The maximum atomic E-state index is 9.28. The van der Waals surface area contributed by atoms with E-state index in [0.29, 0.717) is 5.92 Å². The first-order valence-electron chi connectivity index (χ1n) is 3.50. The van der Waals surface area contributed by atoms with Crippen LogP contribution in [0.2, 0.25) is 0 Å². The highest BCUT2D eigenvalue weighted by Crippen LogP contribution is 2.45. The van der Waals surface area contributed by atoms with Crippen LogP contribution in [0.25, 0.3) is 0 Å². The molecule has 0 aliphatic heterocycles. The number of allylic oxidation sites excluding steroid dienone is 1. The quantitative estimate of drug-likeness (QED) is 0.571. The Hall–Kier alpha value is -0.300. The Morgan fingerprint density at radius 1 is 1.89 bits per heavy atom. The van der Waals surface area contributed by atoms with Gasteiger partial charge in [0.25, 0.3) is 0 Å². The van der Waals surface area contributed by atoms with Crippen LogP contribution in [0.1, 0.15) is 26.2 Å². The Morgan fingerprint density at radius 3 is 2.78 bits per heavy atom. The van der Waals surface area contributed by atoms with Crippen molar-refractivity contribution in [2.45, 2.75) is 31.8 Å². The third-order valence-electron chi connectivity index (χ3n) is 2.10. The molecule has 0 spiro atoms. The molecular weight excluding hydrogens is 112 g/mol. The average molecular weight is 126 g/mol. The summed E-state index contributed by atoms with van der Waals surface area (Å²) in [6.45, 7) is 5.53. The molecule has 1 saturated carbocycles. The van der Waals surface area contributed by atoms with Gasteiger partial charge in [-0.3, -0.25) is 0 Å². The molecule has 0 unspecified atom stereocenters. The van der Waals surface area contributed by atoms with Crippen molar-refractivity contribution in [1.29, 1.82) is 0 Å². The molecular formula is C8H14O. The summed E-state index contributed by atoms with van der Waals surface area (Å²) in [6, 6.07) is 0. The molecule has 0 aromatic rings. The van der Waals surface area contributed by atoms with E-state index in [0.717, 1.165) is 19.3 Å². The van der Waals surface area contributed by atoms with Crippen molar-refractivity contribution in [3.63, 3.8) is 0 Å². The van der Waals surface area contributed by atoms with Crippen molar-refractivity contribution in [2.24, 2.45) is 5.92 Å². The predicted molar refractivity (Wildman–Crippen MR) is 38.2 cm³/mol. The number of rotatable bonds is 3. The molecule has 1 N–H and O–H groups in total. The third-order valence-corrected chi connectivity index (χ3v) is 2.10. The van der Waals surface area contributed by atoms with Gasteiger partial charge in [0.15, 0.2) is 0 Å². The normalized spacial score (nSPS) is 40.4. The second kappa shape index (κ2) is 2.14. The van der Waals surface area contributed by atoms with Crippen LogP contribution in [0.15, 0.2) is 12.7 Å². The van der Waals surface area contributed by atoms with E-state index in [1.807, 2.05) is 13.0 Å². The maximum absolute atomic E-state index is 9.28. The Labute approximate surface area is 56.4 Å². The zero-order valence-electron chi connectivity index (χ0n) is 5.93. The zero-order chi connectivity index (χ0) is 6.91. The summed E-state index contributed by atoms with van der Waals surface area (Å²) >= 11 is 0. The standard InChI is InChI=1S/C8H14O/c1-3-4-5-7-6-8(7,2)9/h3,7,9H,1,4-6H2,2H3/t7-,8-/m1/s1. The molecule has 0 bridgehead atoms. The van der Waals surface area contributed by atoms with Gasteiger partial charge in [0.05, 0.1) is 5.60 Å². The highest BCUT2D eigenvalue weighted by molar-refractivity contribution is 4.99. The predicted octanol–water partition coefficient (Wildman–Crippen LogP) is 1.72. The van der Waals surface area contributed by atoms with Crippen molar-refractivity contribution in [2.75, 3.05) is 0 Å². The van der Waals surface area contributed by atoms with Gasteiger partial charge in [-0.15, -0.1) is 6.58 Å². The first-order chi connectivity index (χ1) is 4.17. The molecule has 0 saturated heterocycles. The average Bonchev–Trinajstić information content (AvgIpc) is 2.35. The van der Waals surface area contributed by atoms with Crippen molar-refractivity contribution < 1.29 is 5.11 Å². The molecule has 2 atom stereocenters. The van der Waals surface area contributed by atoms with Gasteiger partial charge < -0.3 is 5.11 Å². The van der Waals surface area contributed by atoms with E-state index in [1.165, 1.54) is 0 Å². The maximum Gasteiger partial charge on any atom is 0.0652 e. The van der Waals surface area contributed by atoms with Crippen LogP contribution in [-0.4, -0.2) is 10.7 Å². The minimum atomic E-state index is -0.330. The Bertz CT molecular complexity index is 116. The van der Waals surface area contributed by atoms with Crippen LogP contribution in [0.5, 0.6) is 0 Å². The van der Waals surface area contributed by atoms with E-state index in [2.05, 4.69) is 6.58 Å². The second-order valence-corrected chi connectivity index (χ2v) is 3.12. The van der Waals surface area contributed by atoms with E-state index < -0.39 is 0 Å². The van der Waals surface area contributed by atoms with Crippen molar-refractivity contribution in [1.82, 2.24) is 0 Å². The van der Waals surface area contributed by atoms with E-state index in [1.54, 1.807) is 0 Å². The molecule has 0 aromatic heterocycles. The van der Waals surface area contributed by atoms with E-state index in [-0.39, 0.29) is 5.60 Å². The summed E-state index contributed by atoms with van der Waals surface area (Å²) in [7, 11) is 0. The fraction of sp³-hybridized carbons (Fsp3) is 0.750. The van der Waals surface area contributed by atoms with Crippen LogP contribution >= 0.6 is 0 Å². The Balaban J connectivity index is 2.12. The Morgan fingerprint density at radius 2 is 2.44 bits per heavy atom. The summed E-state index contributed by atoms with van der Waals surface area (Å²) < 4.78 is 0. The lowest BCUT2D eigenvalue weighted by molar-refractivity contribution is 0.150. The number of aliphatic hydroxyl groups is 1. The molecule has 1 nitrogen and oxygen atoms in total. The molecule has 52 valence electrons. The summed E-state index contributed by atoms with van der Waals surface area (Å²) in [5, 5.41) is 9.28. The van der Waals surface area contributed by atoms with Crippen LogP contribution in [0.4, 0.5) is 0 Å². The van der Waals surface area contributed by atoms with Gasteiger partial charge in [-0.2, -0.15) is 0 Å². The molecule has 1 heteroatoms. The first kappa shape index (κ1) is 6.81. The second-order valence-electron chi connectivity index (χ2n) is 3.12. The van der Waals surface area contributed by atoms with Gasteiger partial charge >= 0.3 is 0 Å². The molecule has 0 amide bonds. The van der Waals surface area contributed by atoms with Gasteiger partial charge in [0, 0.05) is 0 Å². The lowest BCUT2D eigenvalue weighted by Crippen LogP contribution is -2.02. The minimum absolute atomic E-state index is 0.330. The fourth-order valence-electron chi connectivity index (χ4n) is 1.17. The number of hydrogen-bond acceptors (Lipinski definition) is 1. The lowest BCUT2D eigenvalue weighted by Gasteiger charge is -1.98. The summed E-state index contributed by atoms with van der Waals surface area (Å²) in [5.74, 6) is 0.551. The SMILES string of the molecule is C=CCC[C@@H]1C[C@@]1(C)O. The van der Waals surface area contributed by atoms with Gasteiger partial charge in [0.2, 0.25) is 0 Å². The van der Waals surface area contributed by atoms with Crippen molar-refractivity contribution in [3.05, 3.63) is 12.7 Å². The molecule has 1 aliphatic rings. The van der Waals surface area contributed by atoms with Crippen molar-refractivity contribution in [3.8, 4) is 0 Å². The van der Waals surface area contributed by atoms with E-state index >= 15 is 0 Å². The molecule has 1 fully saturated rings. The molecule has 0 aromatic carbocycles. The van der Waals surface area contributed by atoms with Gasteiger partial charge in [-0.25, -0.2) is 0 Å². The lowest BCUT2D eigenvalue weighted by atomic mass is 10.2. The number of hydrogen-bond donors (Lipinski definition) is 1. The molecule has 9 heavy (non-hydrogen) atoms. The molecule has 1 aliphatic carbocycles. The monoisotopic (exact) mass is 126 g/mol. The summed E-state index contributed by atoms with van der Waals surface area (Å²) in [5.41, 5.74) is -0.330. The Kier molecular flexibility index (Phi) is 1.62. The van der Waals surface area contributed by atoms with Gasteiger partial charge in [-0.1, -0.05) is 6.08 Å². The minimum Gasteiger partial charge on any atom is -0.390 e. The smallest absolute Gasteiger partial charge is 0.0652 e. The first-order valence-corrected chi connectivity index (χ1v) is 3.50. The molecule has 0 radical (unpaired) electrons. The van der Waals surface area contributed by atoms with Gasteiger partial charge in [-0.05, 0) is 32.1 Å². The molecule has 0 heterocycles. The fourth-order valence-corrected chi connectivity index (χ4v) is 1.17. The van der Waals surface area contributed by atoms with Crippen LogP contribution in [0, 0.1) is 5.92 Å². The van der Waals surface area contributed by atoms with Crippen LogP contribution in [0.3, 0.4) is 0 Å². The van der Waals surface area contributed by atoms with Crippen molar-refractivity contribution >= 4 is 0 Å². The van der Waals surface area contributed by atoms with E-state index in [4.69, 9.17) is 0 Å². The largest absolute Gasteiger partial charge is 0.390 e.